The van der Waals surface area contributed by atoms with E-state index in [4.69, 9.17) is 5.73 Å². The third kappa shape index (κ3) is 3.22. The summed E-state index contributed by atoms with van der Waals surface area (Å²) in [5.41, 5.74) is 5.44. The minimum atomic E-state index is 0.697. The van der Waals surface area contributed by atoms with Gasteiger partial charge in [-0.2, -0.15) is 0 Å². The summed E-state index contributed by atoms with van der Waals surface area (Å²) in [5.74, 6) is 1.56. The molecule has 0 saturated carbocycles. The van der Waals surface area contributed by atoms with E-state index in [2.05, 4.69) is 16.8 Å². The molecule has 0 spiro atoms. The summed E-state index contributed by atoms with van der Waals surface area (Å²) in [6.07, 6.45) is 1.34. The molecular weight excluding hydrogens is 150 g/mol. The van der Waals surface area contributed by atoms with E-state index in [-0.39, 0.29) is 0 Å². The van der Waals surface area contributed by atoms with Crippen LogP contribution in [0.1, 0.15) is 20.3 Å². The van der Waals surface area contributed by atoms with Crippen molar-refractivity contribution < 1.29 is 0 Å². The van der Waals surface area contributed by atoms with E-state index in [1.165, 1.54) is 19.5 Å². The molecule has 12 heavy (non-hydrogen) atoms. The molecule has 1 heterocycles. The van der Waals surface area contributed by atoms with Crippen LogP contribution in [0.15, 0.2) is 4.99 Å². The summed E-state index contributed by atoms with van der Waals surface area (Å²) in [6.45, 7) is 8.54. The molecule has 0 aromatic heterocycles. The van der Waals surface area contributed by atoms with Crippen molar-refractivity contribution in [1.82, 2.24) is 4.90 Å². The van der Waals surface area contributed by atoms with Gasteiger partial charge >= 0.3 is 0 Å². The van der Waals surface area contributed by atoms with Crippen LogP contribution in [0.25, 0.3) is 0 Å². The fourth-order valence-corrected chi connectivity index (χ4v) is 1.60. The van der Waals surface area contributed by atoms with Gasteiger partial charge in [-0.05, 0) is 25.8 Å². The van der Waals surface area contributed by atoms with E-state index >= 15 is 0 Å². The minimum absolute atomic E-state index is 0.697. The summed E-state index contributed by atoms with van der Waals surface area (Å²) in [4.78, 5) is 6.62. The van der Waals surface area contributed by atoms with Crippen molar-refractivity contribution in [2.45, 2.75) is 20.3 Å². The molecule has 1 atom stereocenters. The molecule has 0 bridgehead atoms. The summed E-state index contributed by atoms with van der Waals surface area (Å²) < 4.78 is 0. The summed E-state index contributed by atoms with van der Waals surface area (Å²) in [6, 6.07) is 0. The number of aliphatic imine (C=N–C) groups is 1. The van der Waals surface area contributed by atoms with E-state index < -0.39 is 0 Å². The highest BCUT2D eigenvalue weighted by Gasteiger charge is 2.17. The number of amidine groups is 1. The highest BCUT2D eigenvalue weighted by Crippen LogP contribution is 2.13. The Bertz CT molecular complexity index is 161. The van der Waals surface area contributed by atoms with E-state index in [0.29, 0.717) is 5.84 Å². The molecule has 1 rings (SSSR count). The van der Waals surface area contributed by atoms with Crippen molar-refractivity contribution >= 4 is 5.84 Å². The average molecular weight is 169 g/mol. The molecule has 0 radical (unpaired) electrons. The first-order chi connectivity index (χ1) is 5.68. The Morgan fingerprint density at radius 1 is 1.67 bits per heavy atom. The van der Waals surface area contributed by atoms with Crippen LogP contribution in [-0.4, -0.2) is 36.9 Å². The van der Waals surface area contributed by atoms with Crippen LogP contribution in [0.5, 0.6) is 0 Å². The van der Waals surface area contributed by atoms with Crippen LogP contribution in [0.2, 0.25) is 0 Å². The van der Waals surface area contributed by atoms with Gasteiger partial charge < -0.3 is 10.6 Å². The van der Waals surface area contributed by atoms with E-state index in [1.807, 2.05) is 6.92 Å². The number of nitrogens with zero attached hydrogens (tertiary/aromatic N) is 2. The van der Waals surface area contributed by atoms with E-state index in [1.54, 1.807) is 0 Å². The molecule has 0 aromatic carbocycles. The molecule has 70 valence electrons. The zero-order chi connectivity index (χ0) is 8.97. The van der Waals surface area contributed by atoms with Crippen LogP contribution < -0.4 is 5.73 Å². The van der Waals surface area contributed by atoms with Gasteiger partial charge in [-0.15, -0.1) is 0 Å². The van der Waals surface area contributed by atoms with Gasteiger partial charge in [0, 0.05) is 13.1 Å². The first-order valence-electron chi connectivity index (χ1n) is 4.67. The average Bonchev–Trinajstić information content (AvgIpc) is 2.35. The van der Waals surface area contributed by atoms with E-state index in [0.717, 1.165) is 19.0 Å². The summed E-state index contributed by atoms with van der Waals surface area (Å²) in [5, 5.41) is 0. The van der Waals surface area contributed by atoms with Gasteiger partial charge in [0.15, 0.2) is 0 Å². The highest BCUT2D eigenvalue weighted by atomic mass is 15.2. The Kier molecular flexibility index (Phi) is 3.53. The second-order valence-corrected chi connectivity index (χ2v) is 3.72. The zero-order valence-corrected chi connectivity index (χ0v) is 8.08. The van der Waals surface area contributed by atoms with Crippen molar-refractivity contribution in [1.29, 1.82) is 0 Å². The maximum Gasteiger partial charge on any atom is 0.0906 e. The zero-order valence-electron chi connectivity index (χ0n) is 8.08. The summed E-state index contributed by atoms with van der Waals surface area (Å²) >= 11 is 0. The van der Waals surface area contributed by atoms with Gasteiger partial charge in [0.05, 0.1) is 12.4 Å². The van der Waals surface area contributed by atoms with Crippen LogP contribution in [-0.2, 0) is 0 Å². The monoisotopic (exact) mass is 169 g/mol. The third-order valence-electron chi connectivity index (χ3n) is 2.29. The van der Waals surface area contributed by atoms with Crippen LogP contribution >= 0.6 is 0 Å². The highest BCUT2D eigenvalue weighted by molar-refractivity contribution is 5.77. The predicted molar refractivity (Wildman–Crippen MR) is 52.4 cm³/mol. The Morgan fingerprint density at radius 2 is 2.42 bits per heavy atom. The van der Waals surface area contributed by atoms with Gasteiger partial charge in [0.2, 0.25) is 0 Å². The first-order valence-corrected chi connectivity index (χ1v) is 4.67. The number of nitrogens with two attached hydrogens (primary N) is 1. The number of hydrogen-bond acceptors (Lipinski definition) is 2. The second-order valence-electron chi connectivity index (χ2n) is 3.72. The van der Waals surface area contributed by atoms with Gasteiger partial charge in [0.25, 0.3) is 0 Å². The van der Waals surface area contributed by atoms with Gasteiger partial charge in [0.1, 0.15) is 0 Å². The quantitative estimate of drug-likeness (QED) is 0.499. The Morgan fingerprint density at radius 3 is 2.92 bits per heavy atom. The van der Waals surface area contributed by atoms with Gasteiger partial charge in [-0.25, -0.2) is 0 Å². The Balaban J connectivity index is 2.12. The molecule has 1 unspecified atom stereocenters. The molecule has 1 saturated heterocycles. The lowest BCUT2D eigenvalue weighted by atomic mass is 10.2. The van der Waals surface area contributed by atoms with E-state index in [9.17, 15) is 0 Å². The van der Waals surface area contributed by atoms with Crippen molar-refractivity contribution in [2.75, 3.05) is 26.2 Å². The maximum absolute atomic E-state index is 5.44. The van der Waals surface area contributed by atoms with Crippen LogP contribution in [0.3, 0.4) is 0 Å². The SMILES string of the molecule is CC(N)=NCCN1CCC(C)C1. The first kappa shape index (κ1) is 9.52. The topological polar surface area (TPSA) is 41.6 Å². The lowest BCUT2D eigenvalue weighted by Crippen LogP contribution is -2.24. The standard InChI is InChI=1S/C9H19N3/c1-8-3-5-12(7-8)6-4-11-9(2)10/h8H,3-7H2,1-2H3,(H2,10,11). The molecular formula is C9H19N3. The lowest BCUT2D eigenvalue weighted by molar-refractivity contribution is 0.337. The number of likely N-dealkylation sites (tertiary alicyclic amines) is 1. The normalized spacial score (nSPS) is 26.5. The van der Waals surface area contributed by atoms with Crippen molar-refractivity contribution in [3.05, 3.63) is 0 Å². The molecule has 3 nitrogen and oxygen atoms in total. The molecule has 0 aromatic rings. The smallest absolute Gasteiger partial charge is 0.0906 e. The molecule has 1 aliphatic heterocycles. The van der Waals surface area contributed by atoms with Crippen LogP contribution in [0, 0.1) is 5.92 Å². The largest absolute Gasteiger partial charge is 0.388 e. The van der Waals surface area contributed by atoms with Crippen molar-refractivity contribution in [3.63, 3.8) is 0 Å². The van der Waals surface area contributed by atoms with Gasteiger partial charge in [-0.3, -0.25) is 4.99 Å². The molecule has 2 N–H and O–H groups in total. The molecule has 0 aliphatic carbocycles. The molecule has 1 fully saturated rings. The van der Waals surface area contributed by atoms with Crippen molar-refractivity contribution in [2.24, 2.45) is 16.6 Å². The molecule has 0 amide bonds. The predicted octanol–water partition coefficient (Wildman–Crippen LogP) is 0.705. The minimum Gasteiger partial charge on any atom is -0.388 e. The summed E-state index contributed by atoms with van der Waals surface area (Å²) in [7, 11) is 0. The molecule has 1 aliphatic rings. The Labute approximate surface area is 74.6 Å². The molecule has 3 heteroatoms. The number of rotatable bonds is 3. The fourth-order valence-electron chi connectivity index (χ4n) is 1.60. The maximum atomic E-state index is 5.44. The Hall–Kier alpha value is -0.570. The van der Waals surface area contributed by atoms with Gasteiger partial charge in [-0.1, -0.05) is 6.92 Å². The fraction of sp³-hybridized carbons (Fsp3) is 0.889. The second kappa shape index (κ2) is 4.45. The third-order valence-corrected chi connectivity index (χ3v) is 2.29. The van der Waals surface area contributed by atoms with Crippen LogP contribution in [0.4, 0.5) is 0 Å². The lowest BCUT2D eigenvalue weighted by Gasteiger charge is -2.12. The van der Waals surface area contributed by atoms with Crippen molar-refractivity contribution in [3.8, 4) is 0 Å². The number of hydrogen-bond donors (Lipinski definition) is 1.